The van der Waals surface area contributed by atoms with Crippen LogP contribution < -0.4 is 5.32 Å². The summed E-state index contributed by atoms with van der Waals surface area (Å²) in [6.07, 6.45) is 1.69. The zero-order valence-corrected chi connectivity index (χ0v) is 11.3. The number of benzene rings is 1. The Labute approximate surface area is 116 Å². The van der Waals surface area contributed by atoms with E-state index in [-0.39, 0.29) is 0 Å². The van der Waals surface area contributed by atoms with Gasteiger partial charge < -0.3 is 14.8 Å². The van der Waals surface area contributed by atoms with Gasteiger partial charge in [-0.3, -0.25) is 0 Å². The van der Waals surface area contributed by atoms with E-state index in [2.05, 4.69) is 25.4 Å². The fourth-order valence-corrected chi connectivity index (χ4v) is 1.97. The quantitative estimate of drug-likeness (QED) is 0.761. The van der Waals surface area contributed by atoms with Crippen LogP contribution >= 0.6 is 0 Å². The van der Waals surface area contributed by atoms with E-state index >= 15 is 0 Å². The normalized spacial score (nSPS) is 10.7. The van der Waals surface area contributed by atoms with Gasteiger partial charge in [0.05, 0.1) is 24.1 Å². The molecule has 6 nitrogen and oxygen atoms in total. The van der Waals surface area contributed by atoms with Gasteiger partial charge >= 0.3 is 0 Å². The summed E-state index contributed by atoms with van der Waals surface area (Å²) >= 11 is 0. The number of aryl methyl sites for hydroxylation is 2. The first-order valence-electron chi connectivity index (χ1n) is 6.36. The topological polar surface area (TPSA) is 79.6 Å². The van der Waals surface area contributed by atoms with Gasteiger partial charge in [0.1, 0.15) is 0 Å². The fourth-order valence-electron chi connectivity index (χ4n) is 1.97. The van der Waals surface area contributed by atoms with Crippen LogP contribution in [0.3, 0.4) is 0 Å². The first kappa shape index (κ1) is 12.4. The van der Waals surface area contributed by atoms with Crippen LogP contribution in [0.15, 0.2) is 35.1 Å². The second kappa shape index (κ2) is 5.16. The maximum atomic E-state index is 5.23. The maximum Gasteiger partial charge on any atom is 0.260 e. The van der Waals surface area contributed by atoms with Crippen molar-refractivity contribution in [3.05, 3.63) is 47.8 Å². The van der Waals surface area contributed by atoms with Crippen LogP contribution in [0.1, 0.15) is 17.2 Å². The van der Waals surface area contributed by atoms with Crippen molar-refractivity contribution in [2.75, 3.05) is 5.32 Å². The molecule has 2 heterocycles. The summed E-state index contributed by atoms with van der Waals surface area (Å²) in [5.74, 6) is 1.14. The number of aromatic amines is 1. The van der Waals surface area contributed by atoms with E-state index in [0.717, 1.165) is 22.6 Å². The van der Waals surface area contributed by atoms with Gasteiger partial charge in [0.15, 0.2) is 5.82 Å². The molecule has 3 rings (SSSR count). The lowest BCUT2D eigenvalue weighted by Crippen LogP contribution is -2.02. The highest BCUT2D eigenvalue weighted by Crippen LogP contribution is 2.26. The van der Waals surface area contributed by atoms with Crippen molar-refractivity contribution in [2.24, 2.45) is 0 Å². The van der Waals surface area contributed by atoms with Crippen molar-refractivity contribution in [3.8, 4) is 11.5 Å². The smallest absolute Gasteiger partial charge is 0.260 e. The molecule has 2 N–H and O–H groups in total. The third kappa shape index (κ3) is 2.40. The van der Waals surface area contributed by atoms with Gasteiger partial charge in [0.2, 0.25) is 0 Å². The zero-order valence-electron chi connectivity index (χ0n) is 11.3. The highest BCUT2D eigenvalue weighted by molar-refractivity contribution is 5.72. The van der Waals surface area contributed by atoms with Gasteiger partial charge in [0, 0.05) is 11.4 Å². The largest absolute Gasteiger partial charge is 0.379 e. The Bertz CT molecular complexity index is 716. The molecule has 2 aromatic heterocycles. The number of rotatable bonds is 4. The van der Waals surface area contributed by atoms with Gasteiger partial charge in [-0.05, 0) is 26.0 Å². The second-order valence-corrected chi connectivity index (χ2v) is 4.52. The molecular weight excluding hydrogens is 254 g/mol. The summed E-state index contributed by atoms with van der Waals surface area (Å²) in [5.41, 5.74) is 3.88. The number of imidazole rings is 1. The van der Waals surface area contributed by atoms with Crippen molar-refractivity contribution >= 4 is 5.69 Å². The lowest BCUT2D eigenvalue weighted by molar-refractivity contribution is 0.426. The Balaban J connectivity index is 1.85. The zero-order chi connectivity index (χ0) is 13.9. The summed E-state index contributed by atoms with van der Waals surface area (Å²) in [6, 6.07) is 7.84. The van der Waals surface area contributed by atoms with Crippen molar-refractivity contribution in [2.45, 2.75) is 20.4 Å². The molecule has 20 heavy (non-hydrogen) atoms. The number of para-hydroxylation sites is 1. The minimum atomic E-state index is 0.518. The van der Waals surface area contributed by atoms with Crippen LogP contribution in [0.5, 0.6) is 0 Å². The van der Waals surface area contributed by atoms with E-state index in [0.29, 0.717) is 18.3 Å². The van der Waals surface area contributed by atoms with E-state index < -0.39 is 0 Å². The van der Waals surface area contributed by atoms with E-state index in [1.807, 2.05) is 31.2 Å². The number of hydrogen-bond donors (Lipinski definition) is 2. The lowest BCUT2D eigenvalue weighted by atomic mass is 10.1. The van der Waals surface area contributed by atoms with Crippen LogP contribution in [0.25, 0.3) is 11.5 Å². The number of nitrogens with one attached hydrogen (secondary N) is 2. The van der Waals surface area contributed by atoms with Crippen molar-refractivity contribution in [1.29, 1.82) is 0 Å². The number of H-pyrrole nitrogens is 1. The third-order valence-corrected chi connectivity index (χ3v) is 3.07. The molecule has 0 atom stereocenters. The molecule has 1 aromatic carbocycles. The van der Waals surface area contributed by atoms with Gasteiger partial charge in [-0.15, -0.1) is 0 Å². The Morgan fingerprint density at radius 1 is 1.25 bits per heavy atom. The highest BCUT2D eigenvalue weighted by atomic mass is 16.5. The average molecular weight is 269 g/mol. The summed E-state index contributed by atoms with van der Waals surface area (Å²) in [6.45, 7) is 4.44. The molecule has 0 amide bonds. The molecule has 0 saturated heterocycles. The van der Waals surface area contributed by atoms with Gasteiger partial charge in [0.25, 0.3) is 5.89 Å². The minimum Gasteiger partial charge on any atom is -0.379 e. The molecule has 102 valence electrons. The van der Waals surface area contributed by atoms with Crippen molar-refractivity contribution in [1.82, 2.24) is 20.1 Å². The summed E-state index contributed by atoms with van der Waals surface area (Å²) in [4.78, 5) is 11.6. The third-order valence-electron chi connectivity index (χ3n) is 3.07. The summed E-state index contributed by atoms with van der Waals surface area (Å²) < 4.78 is 5.23. The number of hydrogen-bond acceptors (Lipinski definition) is 5. The molecule has 0 aliphatic rings. The Kier molecular flexibility index (Phi) is 3.20. The Hall–Kier alpha value is -2.63. The SMILES string of the molecule is Cc1noc(-c2ccccc2NCc2nc[nH]c2C)n1. The summed E-state index contributed by atoms with van der Waals surface area (Å²) in [5, 5.41) is 7.18. The average Bonchev–Trinajstić information content (AvgIpc) is 3.06. The van der Waals surface area contributed by atoms with Gasteiger partial charge in [-0.25, -0.2) is 4.98 Å². The van der Waals surface area contributed by atoms with E-state index in [1.54, 1.807) is 13.3 Å². The van der Waals surface area contributed by atoms with E-state index in [1.165, 1.54) is 0 Å². The molecule has 0 unspecified atom stereocenters. The molecule has 0 spiro atoms. The van der Waals surface area contributed by atoms with Crippen LogP contribution in [-0.4, -0.2) is 20.1 Å². The molecule has 0 bridgehead atoms. The van der Waals surface area contributed by atoms with Crippen LogP contribution in [0, 0.1) is 13.8 Å². The first-order valence-corrected chi connectivity index (χ1v) is 6.36. The Morgan fingerprint density at radius 3 is 2.80 bits per heavy atom. The fraction of sp³-hybridized carbons (Fsp3) is 0.214. The highest BCUT2D eigenvalue weighted by Gasteiger charge is 2.11. The molecule has 0 aliphatic heterocycles. The predicted molar refractivity (Wildman–Crippen MR) is 75.1 cm³/mol. The molecule has 0 aliphatic carbocycles. The monoisotopic (exact) mass is 269 g/mol. The molecule has 6 heteroatoms. The summed E-state index contributed by atoms with van der Waals surface area (Å²) in [7, 11) is 0. The van der Waals surface area contributed by atoms with Crippen molar-refractivity contribution < 1.29 is 4.52 Å². The van der Waals surface area contributed by atoms with Crippen LogP contribution in [0.2, 0.25) is 0 Å². The molecule has 0 radical (unpaired) electrons. The van der Waals surface area contributed by atoms with Gasteiger partial charge in [-0.1, -0.05) is 17.3 Å². The molecule has 0 fully saturated rings. The lowest BCUT2D eigenvalue weighted by Gasteiger charge is -2.08. The van der Waals surface area contributed by atoms with E-state index in [9.17, 15) is 0 Å². The number of anilines is 1. The first-order chi connectivity index (χ1) is 9.74. The Morgan fingerprint density at radius 2 is 2.10 bits per heavy atom. The van der Waals surface area contributed by atoms with Crippen molar-refractivity contribution in [3.63, 3.8) is 0 Å². The second-order valence-electron chi connectivity index (χ2n) is 4.52. The molecule has 3 aromatic rings. The maximum absolute atomic E-state index is 5.23. The number of aromatic nitrogens is 4. The van der Waals surface area contributed by atoms with Crippen LogP contribution in [0.4, 0.5) is 5.69 Å². The van der Waals surface area contributed by atoms with E-state index in [4.69, 9.17) is 4.52 Å². The van der Waals surface area contributed by atoms with Gasteiger partial charge in [-0.2, -0.15) is 4.98 Å². The minimum absolute atomic E-state index is 0.518. The molecule has 0 saturated carbocycles. The predicted octanol–water partition coefficient (Wildman–Crippen LogP) is 2.69. The van der Waals surface area contributed by atoms with Crippen LogP contribution in [-0.2, 0) is 6.54 Å². The standard InChI is InChI=1S/C14H15N5O/c1-9-13(17-8-16-9)7-15-12-6-4-3-5-11(12)14-18-10(2)19-20-14/h3-6,8,15H,7H2,1-2H3,(H,16,17). The number of nitrogens with zero attached hydrogens (tertiary/aromatic N) is 3. The molecular formula is C14H15N5O.